The molecule has 0 unspecified atom stereocenters. The van der Waals surface area contributed by atoms with Crippen LogP contribution < -0.4 is 5.32 Å². The third-order valence-electron chi connectivity index (χ3n) is 3.36. The lowest BCUT2D eigenvalue weighted by molar-refractivity contribution is -0.134. The van der Waals surface area contributed by atoms with Crippen molar-refractivity contribution in [3.63, 3.8) is 0 Å². The van der Waals surface area contributed by atoms with Gasteiger partial charge in [-0.25, -0.2) is 8.78 Å². The van der Waals surface area contributed by atoms with E-state index in [0.717, 1.165) is 0 Å². The van der Waals surface area contributed by atoms with Crippen LogP contribution in [0.2, 0.25) is 0 Å². The molecule has 1 heterocycles. The second kappa shape index (κ2) is 5.07. The minimum atomic E-state index is -0.932. The second-order valence-corrected chi connectivity index (χ2v) is 5.06. The van der Waals surface area contributed by atoms with Gasteiger partial charge in [-0.15, -0.1) is 0 Å². The van der Waals surface area contributed by atoms with Crippen LogP contribution in [0.5, 0.6) is 0 Å². The Morgan fingerprint density at radius 2 is 1.79 bits per heavy atom. The number of rotatable bonds is 2. The van der Waals surface area contributed by atoms with Gasteiger partial charge in [0.2, 0.25) is 11.8 Å². The molecule has 0 aromatic heterocycles. The highest BCUT2D eigenvalue weighted by Gasteiger charge is 2.32. The molecule has 102 valence electrons. The minimum absolute atomic E-state index is 0.000176. The molecule has 3 nitrogen and oxygen atoms in total. The highest BCUT2D eigenvalue weighted by atomic mass is 19.1. The average molecular weight is 267 g/mol. The Morgan fingerprint density at radius 3 is 2.26 bits per heavy atom. The maximum atomic E-state index is 14.0. The summed E-state index contributed by atoms with van der Waals surface area (Å²) in [5, 5.41) is 2.11. The third-order valence-corrected chi connectivity index (χ3v) is 3.36. The molecule has 1 aromatic rings. The zero-order valence-electron chi connectivity index (χ0n) is 10.8. The molecule has 1 aliphatic rings. The lowest BCUT2D eigenvalue weighted by Crippen LogP contribution is -2.40. The summed E-state index contributed by atoms with van der Waals surface area (Å²) < 4.78 is 28.0. The number of carbonyl (C=O) groups is 2. The van der Waals surface area contributed by atoms with Gasteiger partial charge in [-0.2, -0.15) is 0 Å². The maximum absolute atomic E-state index is 14.0. The summed E-state index contributed by atoms with van der Waals surface area (Å²) in [5.74, 6) is -3.41. The third kappa shape index (κ3) is 2.64. The molecule has 0 spiro atoms. The molecule has 1 saturated heterocycles. The van der Waals surface area contributed by atoms with Gasteiger partial charge in [0, 0.05) is 12.0 Å². The molecular formula is C14H15F2NO2. The average Bonchev–Trinajstić information content (AvgIpc) is 2.30. The Bertz CT molecular complexity index is 517. The summed E-state index contributed by atoms with van der Waals surface area (Å²) in [6.07, 6.45) is 0.237. The molecule has 1 N–H and O–H groups in total. The second-order valence-electron chi connectivity index (χ2n) is 5.06. The largest absolute Gasteiger partial charge is 0.296 e. The zero-order chi connectivity index (χ0) is 14.2. The van der Waals surface area contributed by atoms with E-state index in [1.54, 1.807) is 0 Å². The SMILES string of the molecule is CC(C)c1cc(F)c([C@H]2CCC(=O)NC2=O)c(F)c1. The summed E-state index contributed by atoms with van der Waals surface area (Å²) in [5.41, 5.74) is 0.306. The van der Waals surface area contributed by atoms with Crippen molar-refractivity contribution in [1.82, 2.24) is 5.32 Å². The standard InChI is InChI=1S/C14H15F2NO2/c1-7(2)8-5-10(15)13(11(16)6-8)9-3-4-12(18)17-14(9)19/h5-7,9H,3-4H2,1-2H3,(H,17,18,19)/t9-/m1/s1. The van der Waals surface area contributed by atoms with E-state index in [1.165, 1.54) is 12.1 Å². The van der Waals surface area contributed by atoms with Gasteiger partial charge in [0.1, 0.15) is 11.6 Å². The molecule has 19 heavy (non-hydrogen) atoms. The predicted molar refractivity (Wildman–Crippen MR) is 65.6 cm³/mol. The number of halogens is 2. The molecule has 0 bridgehead atoms. The number of hydrogen-bond acceptors (Lipinski definition) is 2. The number of benzene rings is 1. The van der Waals surface area contributed by atoms with Crippen LogP contribution >= 0.6 is 0 Å². The van der Waals surface area contributed by atoms with Crippen molar-refractivity contribution in [2.24, 2.45) is 0 Å². The fourth-order valence-electron chi connectivity index (χ4n) is 2.24. The Morgan fingerprint density at radius 1 is 1.21 bits per heavy atom. The van der Waals surface area contributed by atoms with E-state index in [1.807, 2.05) is 13.8 Å². The fraction of sp³-hybridized carbons (Fsp3) is 0.429. The van der Waals surface area contributed by atoms with E-state index >= 15 is 0 Å². The summed E-state index contributed by atoms with van der Waals surface area (Å²) in [4.78, 5) is 22.7. The Labute approximate surface area is 110 Å². The monoisotopic (exact) mass is 267 g/mol. The van der Waals surface area contributed by atoms with Gasteiger partial charge in [0.15, 0.2) is 0 Å². The first-order valence-corrected chi connectivity index (χ1v) is 6.22. The van der Waals surface area contributed by atoms with Crippen molar-refractivity contribution in [3.8, 4) is 0 Å². The van der Waals surface area contributed by atoms with E-state index in [2.05, 4.69) is 5.32 Å². The molecule has 1 aromatic carbocycles. The number of nitrogens with one attached hydrogen (secondary N) is 1. The van der Waals surface area contributed by atoms with Gasteiger partial charge in [0.25, 0.3) is 0 Å². The van der Waals surface area contributed by atoms with E-state index in [0.29, 0.717) is 5.56 Å². The molecule has 0 radical (unpaired) electrons. The smallest absolute Gasteiger partial charge is 0.234 e. The highest BCUT2D eigenvalue weighted by Crippen LogP contribution is 2.31. The predicted octanol–water partition coefficient (Wildman–Crippen LogP) is 2.61. The molecule has 0 saturated carbocycles. The molecule has 1 aliphatic heterocycles. The fourth-order valence-corrected chi connectivity index (χ4v) is 2.24. The van der Waals surface area contributed by atoms with Crippen molar-refractivity contribution in [3.05, 3.63) is 34.9 Å². The summed E-state index contributed by atoms with van der Waals surface area (Å²) in [6, 6.07) is 2.51. The number of piperidine rings is 1. The van der Waals surface area contributed by atoms with E-state index in [-0.39, 0.29) is 24.3 Å². The van der Waals surface area contributed by atoms with E-state index < -0.39 is 29.4 Å². The first kappa shape index (κ1) is 13.6. The van der Waals surface area contributed by atoms with Crippen molar-refractivity contribution in [1.29, 1.82) is 0 Å². The topological polar surface area (TPSA) is 46.2 Å². The first-order chi connectivity index (χ1) is 8.90. The minimum Gasteiger partial charge on any atom is -0.296 e. The van der Waals surface area contributed by atoms with Gasteiger partial charge in [-0.05, 0) is 30.0 Å². The summed E-state index contributed by atoms with van der Waals surface area (Å²) in [7, 11) is 0. The molecular weight excluding hydrogens is 252 g/mol. The van der Waals surface area contributed by atoms with Crippen molar-refractivity contribution < 1.29 is 18.4 Å². The van der Waals surface area contributed by atoms with Gasteiger partial charge < -0.3 is 0 Å². The Balaban J connectivity index is 2.40. The van der Waals surface area contributed by atoms with Crippen LogP contribution in [0.4, 0.5) is 8.78 Å². The van der Waals surface area contributed by atoms with Gasteiger partial charge in [-0.3, -0.25) is 14.9 Å². The number of carbonyl (C=O) groups excluding carboxylic acids is 2. The molecule has 1 fully saturated rings. The number of imide groups is 1. The van der Waals surface area contributed by atoms with Crippen LogP contribution in [-0.2, 0) is 9.59 Å². The van der Waals surface area contributed by atoms with Gasteiger partial charge in [-0.1, -0.05) is 13.8 Å². The van der Waals surface area contributed by atoms with Crippen LogP contribution in [0, 0.1) is 11.6 Å². The van der Waals surface area contributed by atoms with Crippen LogP contribution in [0.3, 0.4) is 0 Å². The molecule has 5 heteroatoms. The van der Waals surface area contributed by atoms with Gasteiger partial charge >= 0.3 is 0 Å². The van der Waals surface area contributed by atoms with Crippen molar-refractivity contribution in [2.45, 2.75) is 38.5 Å². The van der Waals surface area contributed by atoms with Crippen LogP contribution in [0.25, 0.3) is 0 Å². The number of amides is 2. The lowest BCUT2D eigenvalue weighted by Gasteiger charge is -2.22. The maximum Gasteiger partial charge on any atom is 0.234 e. The molecule has 2 amide bonds. The summed E-state index contributed by atoms with van der Waals surface area (Å²) in [6.45, 7) is 3.67. The first-order valence-electron chi connectivity index (χ1n) is 6.22. The highest BCUT2D eigenvalue weighted by molar-refractivity contribution is 6.00. The quantitative estimate of drug-likeness (QED) is 0.837. The normalized spacial score (nSPS) is 19.7. The molecule has 1 atom stereocenters. The zero-order valence-corrected chi connectivity index (χ0v) is 10.8. The summed E-state index contributed by atoms with van der Waals surface area (Å²) >= 11 is 0. The molecule has 0 aliphatic carbocycles. The number of hydrogen-bond donors (Lipinski definition) is 1. The molecule has 2 rings (SSSR count). The van der Waals surface area contributed by atoms with E-state index in [9.17, 15) is 18.4 Å². The van der Waals surface area contributed by atoms with Crippen LogP contribution in [0.15, 0.2) is 12.1 Å². The van der Waals surface area contributed by atoms with Gasteiger partial charge in [0.05, 0.1) is 5.92 Å². The van der Waals surface area contributed by atoms with Crippen molar-refractivity contribution >= 4 is 11.8 Å². The van der Waals surface area contributed by atoms with Crippen LogP contribution in [-0.4, -0.2) is 11.8 Å². The Kier molecular flexibility index (Phi) is 3.64. The van der Waals surface area contributed by atoms with Crippen LogP contribution in [0.1, 0.15) is 49.7 Å². The van der Waals surface area contributed by atoms with Crippen molar-refractivity contribution in [2.75, 3.05) is 0 Å². The lowest BCUT2D eigenvalue weighted by atomic mass is 9.88. The Hall–Kier alpha value is -1.78. The van der Waals surface area contributed by atoms with E-state index in [4.69, 9.17) is 0 Å².